The second-order valence-corrected chi connectivity index (χ2v) is 36.7. The number of carbonyl (C=O) groups is 7. The number of aliphatic hydroxyl groups excluding tert-OH is 29. The smallest absolute Gasteiger partial charge is 0.364 e. The van der Waals surface area contributed by atoms with Gasteiger partial charge < -0.3 is 285 Å². The predicted octanol–water partition coefficient (Wildman–Crippen LogP) is -23.9. The van der Waals surface area contributed by atoms with Crippen molar-refractivity contribution in [1.82, 2.24) is 31.9 Å². The molecule has 0 saturated carbocycles. The van der Waals surface area contributed by atoms with Crippen molar-refractivity contribution in [2.24, 2.45) is 0 Å². The van der Waals surface area contributed by atoms with E-state index in [-0.39, 0.29) is 0 Å². The number of rotatable bonds is 39. The van der Waals surface area contributed by atoms with Gasteiger partial charge in [0.15, 0.2) is 62.9 Å². The molecule has 36 N–H and O–H groups in total. The van der Waals surface area contributed by atoms with Crippen LogP contribution in [0.3, 0.4) is 0 Å². The highest BCUT2D eigenvalue weighted by Gasteiger charge is 2.65. The molecular weight excluding hydrogens is 1980 g/mol. The van der Waals surface area contributed by atoms with Crippen LogP contribution in [0.15, 0.2) is 0 Å². The summed E-state index contributed by atoms with van der Waals surface area (Å²) in [4.78, 5) is 90.9. The lowest BCUT2D eigenvalue weighted by Gasteiger charge is -2.52. The van der Waals surface area contributed by atoms with Crippen LogP contribution in [0, 0.1) is 0 Å². The van der Waals surface area contributed by atoms with Crippen LogP contribution in [0.2, 0.25) is 0 Å². The van der Waals surface area contributed by atoms with Crippen molar-refractivity contribution in [3.05, 3.63) is 0 Å². The third-order valence-electron chi connectivity index (χ3n) is 26.3. The number of amides is 6. The van der Waals surface area contributed by atoms with Gasteiger partial charge in [0.2, 0.25) is 35.4 Å². The quantitative estimate of drug-likeness (QED) is 0.0272. The fourth-order valence-electron chi connectivity index (χ4n) is 18.8. The summed E-state index contributed by atoms with van der Waals surface area (Å²) in [5, 5.41) is 355. The van der Waals surface area contributed by atoms with Crippen LogP contribution in [-0.2, 0) is 133 Å². The average Bonchev–Trinajstić information content (AvgIpc) is 0.733. The van der Waals surface area contributed by atoms with Crippen LogP contribution in [0.1, 0.15) is 54.9 Å². The summed E-state index contributed by atoms with van der Waals surface area (Å²) in [7, 11) is 0. The zero-order valence-corrected chi connectivity index (χ0v) is 78.4. The molecule has 11 aliphatic heterocycles. The lowest BCUT2D eigenvalue weighted by Crippen LogP contribution is -2.72. The number of hydrogen-bond acceptors (Lipinski definition) is 57. The highest BCUT2D eigenvalue weighted by Crippen LogP contribution is 2.44. The average molecular weight is 2120 g/mol. The molecule has 0 aromatic rings. The lowest BCUT2D eigenvalue weighted by atomic mass is 9.88. The summed E-state index contributed by atoms with van der Waals surface area (Å²) in [5.41, 5.74) is 0. The second-order valence-electron chi connectivity index (χ2n) is 36.7. The molecule has 0 unspecified atom stereocenters. The van der Waals surface area contributed by atoms with E-state index < -0.39 is 457 Å². The van der Waals surface area contributed by atoms with Gasteiger partial charge in [-0.15, -0.1) is 0 Å². The Kier molecular flexibility index (Phi) is 42.7. The zero-order chi connectivity index (χ0) is 107. The Bertz CT molecular complexity index is 4150. The molecule has 145 heavy (non-hydrogen) atoms. The van der Waals surface area contributed by atoms with E-state index in [1.165, 1.54) is 6.92 Å². The van der Waals surface area contributed by atoms with E-state index in [9.17, 15) is 187 Å². The van der Waals surface area contributed by atoms with E-state index in [0.29, 0.717) is 0 Å². The molecular formula is C81H134N6O58. The summed E-state index contributed by atoms with van der Waals surface area (Å²) in [6.07, 6.45) is -109. The van der Waals surface area contributed by atoms with Crippen molar-refractivity contribution in [2.45, 2.75) is 398 Å². The van der Waals surface area contributed by atoms with Crippen molar-refractivity contribution < 1.29 is 286 Å². The minimum atomic E-state index is -3.39. The van der Waals surface area contributed by atoms with Crippen molar-refractivity contribution in [3.63, 3.8) is 0 Å². The van der Waals surface area contributed by atoms with E-state index >= 15 is 0 Å². The SMILES string of the molecule is CC(=O)N[C@@H]1[C@@H](O)[C@H](O[C@@H]2O[C@H](CO)[C@@H](O[C@@H]3O[C@H](CO[C@H]4O[C@H](CO)[C@@H](O)[C@H](O)[C@@H]4O[C@@H]4O[C@H](CO)[C@@H](O[C@@H]5O[C@H](CO)[C@H](O)[C@H](O)[C@H]5NC(C)=O)[C@H](O)[C@H]4NC(C)=O)[C@@H](O)[C@H](O[C@H]4O[C@H](CO)[C@@H](O)[C@H](O)[C@@H]4O[C@@H]4O[C@H](CO)[C@@H](O)[C@H](O[C@@H]5O[C@H](CO)[C@H](O)[C@H](O[C@]6(C(=O)O)C[C@H](O)[C@@H](NC(C)=O)[C@H]([C@H](O)[C@H](O)CO)O6)[C@H]5O)[C@H]4NC(C)=O)[C@@H]3O)[C@H](O)[C@H]2NC(C)=O)[C@@H](CO[C@@H]2O[C@@H](C)[C@@H](O)[C@@H](O)[C@@H]2O)O[C@H]1O. The van der Waals surface area contributed by atoms with Crippen molar-refractivity contribution >= 4 is 41.4 Å². The summed E-state index contributed by atoms with van der Waals surface area (Å²) in [5.74, 6) is -11.4. The van der Waals surface area contributed by atoms with Crippen molar-refractivity contribution in [2.75, 3.05) is 66.1 Å². The fraction of sp³-hybridized carbons (Fsp3) is 0.914. The maximum absolute atomic E-state index is 13.6. The van der Waals surface area contributed by atoms with Gasteiger partial charge in [0.05, 0.1) is 84.3 Å². The number of carboxylic acids is 1. The minimum absolute atomic E-state index is 0.826. The summed E-state index contributed by atoms with van der Waals surface area (Å²) >= 11 is 0. The third-order valence-corrected chi connectivity index (χ3v) is 26.3. The van der Waals surface area contributed by atoms with Gasteiger partial charge in [-0.2, -0.15) is 0 Å². The molecule has 11 aliphatic rings. The van der Waals surface area contributed by atoms with E-state index in [2.05, 4.69) is 31.9 Å². The Morgan fingerprint density at radius 3 is 1.10 bits per heavy atom. The molecule has 0 spiro atoms. The number of carbonyl (C=O) groups excluding carboxylic acids is 6. The molecule has 6 amide bonds. The van der Waals surface area contributed by atoms with Crippen LogP contribution in [0.4, 0.5) is 0 Å². The number of ether oxygens (including phenoxy) is 21. The minimum Gasteiger partial charge on any atom is -0.477 e. The van der Waals surface area contributed by atoms with Crippen molar-refractivity contribution in [1.29, 1.82) is 0 Å². The Hall–Kier alpha value is -5.71. The Morgan fingerprint density at radius 2 is 0.628 bits per heavy atom. The number of carboxylic acid groups (broad SMARTS) is 1. The first-order chi connectivity index (χ1) is 68.4. The number of hydrogen-bond donors (Lipinski definition) is 36. The third kappa shape index (κ3) is 26.9. The normalized spacial score (nSPS) is 47.2. The molecule has 11 saturated heterocycles. The molecule has 56 atom stereocenters. The molecule has 836 valence electrons. The van der Waals surface area contributed by atoms with Gasteiger partial charge in [-0.25, -0.2) is 4.79 Å². The number of aliphatic carboxylic acids is 1. The first-order valence-electron chi connectivity index (χ1n) is 46.1. The van der Waals surface area contributed by atoms with E-state index in [4.69, 9.17) is 99.5 Å². The molecule has 64 nitrogen and oxygen atoms in total. The molecule has 11 heterocycles. The maximum Gasteiger partial charge on any atom is 0.364 e. The number of aliphatic hydroxyl groups is 29. The Labute approximate surface area is 821 Å². The maximum atomic E-state index is 13.6. The van der Waals surface area contributed by atoms with Crippen LogP contribution in [-0.4, -0.2) is 604 Å². The molecule has 0 bridgehead atoms. The van der Waals surface area contributed by atoms with E-state index in [0.717, 1.165) is 41.5 Å². The van der Waals surface area contributed by atoms with Gasteiger partial charge in [-0.1, -0.05) is 0 Å². The van der Waals surface area contributed by atoms with Gasteiger partial charge >= 0.3 is 5.97 Å². The molecule has 0 aromatic carbocycles. The highest BCUT2D eigenvalue weighted by molar-refractivity contribution is 5.77. The van der Waals surface area contributed by atoms with Gasteiger partial charge in [-0.05, 0) is 6.92 Å². The van der Waals surface area contributed by atoms with Gasteiger partial charge in [0.1, 0.15) is 256 Å². The summed E-state index contributed by atoms with van der Waals surface area (Å²) in [6.45, 7) is -5.28. The Morgan fingerprint density at radius 1 is 0.297 bits per heavy atom. The Balaban J connectivity index is 0.942. The summed E-state index contributed by atoms with van der Waals surface area (Å²) in [6, 6.07) is -11.6. The molecule has 0 radical (unpaired) electrons. The second kappa shape index (κ2) is 51.8. The molecule has 11 fully saturated rings. The molecule has 11 rings (SSSR count). The fourth-order valence-corrected chi connectivity index (χ4v) is 18.8. The van der Waals surface area contributed by atoms with E-state index in [1.54, 1.807) is 0 Å². The lowest BCUT2D eigenvalue weighted by molar-refractivity contribution is -0.400. The van der Waals surface area contributed by atoms with Crippen LogP contribution < -0.4 is 31.9 Å². The molecule has 0 aromatic heterocycles. The van der Waals surface area contributed by atoms with Gasteiger partial charge in [0.25, 0.3) is 5.79 Å². The largest absolute Gasteiger partial charge is 0.477 e. The van der Waals surface area contributed by atoms with Crippen molar-refractivity contribution in [3.8, 4) is 0 Å². The van der Waals surface area contributed by atoms with Crippen LogP contribution in [0.5, 0.6) is 0 Å². The topological polar surface area (TPSA) is 992 Å². The first kappa shape index (κ1) is 120. The number of nitrogens with one attached hydrogen (secondary N) is 6. The first-order valence-corrected chi connectivity index (χ1v) is 46.1. The summed E-state index contributed by atoms with van der Waals surface area (Å²) < 4.78 is 126. The standard InChI is InChI=1S/C81H134N6O58/c1-19-43(104)55(116)58(119)75(127-19)125-18-36-63(52(113)38(70(122)128-36)83-21(3)97)138-72-40(85-23(5)99)54(115)62(34(16-95)134-72)139-76-59(120)66(50(111)35(136-76)17-126-78-68(56(117)46(107)29(11-90)132-78)142-73-41(86-24(6)100)53(114)61(33(15-94)135-73)137-71-39(84-22(4)98)51(112)45(106)28(10-89)129-71)141-79-69(57(118)47(108)30(12-91)133-79)143-74-42(87-25(7)101)64(48(109)31(13-92)130-74)140-77-60(121)67(49(110)32(14-93)131-77)145-81(80(123)124)8-26(102)37(82-20(2)96)65(144-81)44(105)27(103)9-88/h19,26-79,88-95,102-122H,8-18H2,1-7H3,(H,82,96)(H,83,97)(H,84,98)(H,85,99)(H,86,100)(H,87,101)(H,123,124)/t19-,26-,27+,28+,29+,30+,31+,32+,33+,34+,35+,36+,37+,38+,39+,40+,41+,42+,43+,44+,45-,46+,47+,48+,49-,50+,51+,52+,53+,54+,55+,56-,57-,58-,59-,60+,61+,62+,63+,64+,65+,66-,67-,68-,69-,70+,71-,72-,73-,74-,75+,76-,77-,78-,79+,81-/m0/s1. The predicted molar refractivity (Wildman–Crippen MR) is 448 cm³/mol. The molecule has 0 aliphatic carbocycles. The van der Waals surface area contributed by atoms with Gasteiger partial charge in [-0.3, -0.25) is 28.8 Å². The van der Waals surface area contributed by atoms with Gasteiger partial charge in [0, 0.05) is 48.0 Å². The van der Waals surface area contributed by atoms with Crippen LogP contribution >= 0.6 is 0 Å². The van der Waals surface area contributed by atoms with E-state index in [1.807, 2.05) is 0 Å². The van der Waals surface area contributed by atoms with Crippen LogP contribution in [0.25, 0.3) is 0 Å². The highest BCUT2D eigenvalue weighted by atomic mass is 16.8. The monoisotopic (exact) mass is 2120 g/mol. The zero-order valence-electron chi connectivity index (χ0n) is 78.4. The molecule has 64 heteroatoms.